The van der Waals surface area contributed by atoms with Crippen LogP contribution in [0.3, 0.4) is 0 Å². The number of aryl methyl sites for hydroxylation is 2. The monoisotopic (exact) mass is 468 g/mol. The molecule has 33 heavy (non-hydrogen) atoms. The number of carbonyl (C=O) groups is 1. The number of hydrogen-bond donors (Lipinski definition) is 1. The number of primary amides is 1. The summed E-state index contributed by atoms with van der Waals surface area (Å²) in [5, 5.41) is 5.28. The molecule has 1 amide bonds. The molecular weight excluding hydrogens is 436 g/mol. The van der Waals surface area contributed by atoms with Crippen molar-refractivity contribution in [3.8, 4) is 5.88 Å². The molecule has 5 rings (SSSR count). The van der Waals surface area contributed by atoms with Gasteiger partial charge in [-0.3, -0.25) is 9.48 Å². The fourth-order valence-electron chi connectivity index (χ4n) is 5.34. The van der Waals surface area contributed by atoms with Crippen molar-refractivity contribution in [2.75, 3.05) is 14.1 Å². The molecular formula is C24H32N6O2S. The van der Waals surface area contributed by atoms with Gasteiger partial charge in [0, 0.05) is 37.0 Å². The Balaban J connectivity index is 1.50. The molecule has 3 heterocycles. The molecule has 2 N–H and O–H groups in total. The van der Waals surface area contributed by atoms with Crippen LogP contribution in [-0.2, 0) is 24.7 Å². The van der Waals surface area contributed by atoms with Gasteiger partial charge in [-0.15, -0.1) is 11.3 Å². The van der Waals surface area contributed by atoms with E-state index in [2.05, 4.69) is 24.1 Å². The first-order valence-electron chi connectivity index (χ1n) is 11.8. The van der Waals surface area contributed by atoms with Gasteiger partial charge in [-0.2, -0.15) is 10.1 Å². The zero-order chi connectivity index (χ0) is 23.1. The van der Waals surface area contributed by atoms with E-state index in [1.165, 1.54) is 10.4 Å². The van der Waals surface area contributed by atoms with E-state index >= 15 is 0 Å². The van der Waals surface area contributed by atoms with E-state index in [9.17, 15) is 4.79 Å². The SMILES string of the molecule is CN(C)C1CCC(Oc2nc(Cc3cnn(C)c3)nc3sc4c(c23)[C@@H](CC(N)=O)CC4)CC1. The van der Waals surface area contributed by atoms with E-state index in [-0.39, 0.29) is 17.9 Å². The third-order valence-corrected chi connectivity index (χ3v) is 8.19. The van der Waals surface area contributed by atoms with Crippen LogP contribution >= 0.6 is 11.3 Å². The molecule has 0 radical (unpaired) electrons. The summed E-state index contributed by atoms with van der Waals surface area (Å²) in [6, 6.07) is 0.613. The molecule has 8 nitrogen and oxygen atoms in total. The number of carbonyl (C=O) groups excluding carboxylic acids is 1. The highest BCUT2D eigenvalue weighted by atomic mass is 32.1. The second-order valence-corrected chi connectivity index (χ2v) is 10.8. The molecule has 0 aliphatic heterocycles. The Kier molecular flexibility index (Phi) is 6.09. The molecule has 3 aromatic heterocycles. The minimum Gasteiger partial charge on any atom is -0.474 e. The minimum atomic E-state index is -0.259. The number of aromatic nitrogens is 4. The zero-order valence-corrected chi connectivity index (χ0v) is 20.4. The second-order valence-electron chi connectivity index (χ2n) is 9.68. The van der Waals surface area contributed by atoms with Gasteiger partial charge in [-0.05, 0) is 69.7 Å². The van der Waals surface area contributed by atoms with Crippen LogP contribution in [0.25, 0.3) is 10.2 Å². The number of rotatable bonds is 7. The lowest BCUT2D eigenvalue weighted by Gasteiger charge is -2.32. The fourth-order valence-corrected chi connectivity index (χ4v) is 6.62. The van der Waals surface area contributed by atoms with Crippen LogP contribution in [0.4, 0.5) is 0 Å². The Morgan fingerprint density at radius 3 is 2.70 bits per heavy atom. The molecule has 2 aliphatic rings. The zero-order valence-electron chi connectivity index (χ0n) is 19.6. The number of thiophene rings is 1. The molecule has 0 saturated heterocycles. The van der Waals surface area contributed by atoms with E-state index in [4.69, 9.17) is 20.4 Å². The lowest BCUT2D eigenvalue weighted by Crippen LogP contribution is -2.35. The van der Waals surface area contributed by atoms with E-state index in [1.807, 2.05) is 19.4 Å². The molecule has 2 aliphatic carbocycles. The van der Waals surface area contributed by atoms with E-state index in [0.717, 1.165) is 60.1 Å². The smallest absolute Gasteiger partial charge is 0.226 e. The molecule has 1 atom stereocenters. The Bertz CT molecular complexity index is 1160. The predicted octanol–water partition coefficient (Wildman–Crippen LogP) is 3.17. The minimum absolute atomic E-state index is 0.130. The number of amides is 1. The van der Waals surface area contributed by atoms with Gasteiger partial charge in [0.05, 0.1) is 11.6 Å². The fraction of sp³-hybridized carbons (Fsp3) is 0.583. The molecule has 0 aromatic carbocycles. The summed E-state index contributed by atoms with van der Waals surface area (Å²) in [6.45, 7) is 0. The molecule has 1 saturated carbocycles. The third-order valence-electron chi connectivity index (χ3n) is 7.03. The summed E-state index contributed by atoms with van der Waals surface area (Å²) in [4.78, 5) is 26.1. The van der Waals surface area contributed by atoms with Gasteiger partial charge in [-0.1, -0.05) is 0 Å². The average Bonchev–Trinajstić information content (AvgIpc) is 3.44. The van der Waals surface area contributed by atoms with E-state index in [1.54, 1.807) is 16.0 Å². The molecule has 3 aromatic rings. The summed E-state index contributed by atoms with van der Waals surface area (Å²) in [5.74, 6) is 1.30. The van der Waals surface area contributed by atoms with Gasteiger partial charge in [0.1, 0.15) is 16.8 Å². The largest absolute Gasteiger partial charge is 0.474 e. The topological polar surface area (TPSA) is 99.2 Å². The van der Waals surface area contributed by atoms with Crippen LogP contribution < -0.4 is 10.5 Å². The number of fused-ring (bicyclic) bond motifs is 3. The van der Waals surface area contributed by atoms with Gasteiger partial charge in [0.2, 0.25) is 11.8 Å². The van der Waals surface area contributed by atoms with Crippen molar-refractivity contribution in [2.24, 2.45) is 12.8 Å². The Labute approximate surface area is 198 Å². The predicted molar refractivity (Wildman–Crippen MR) is 129 cm³/mol. The first-order chi connectivity index (χ1) is 15.9. The highest BCUT2D eigenvalue weighted by Crippen LogP contribution is 2.47. The van der Waals surface area contributed by atoms with Crippen LogP contribution in [0.5, 0.6) is 5.88 Å². The van der Waals surface area contributed by atoms with Gasteiger partial charge in [0.25, 0.3) is 0 Å². The van der Waals surface area contributed by atoms with Crippen LogP contribution in [0.1, 0.15) is 66.3 Å². The van der Waals surface area contributed by atoms with Crippen molar-refractivity contribution in [1.82, 2.24) is 24.6 Å². The Morgan fingerprint density at radius 1 is 1.24 bits per heavy atom. The maximum Gasteiger partial charge on any atom is 0.226 e. The summed E-state index contributed by atoms with van der Waals surface area (Å²) >= 11 is 1.72. The first kappa shape index (κ1) is 22.3. The molecule has 9 heteroatoms. The maximum atomic E-state index is 11.7. The molecule has 0 spiro atoms. The average molecular weight is 469 g/mol. The number of hydrogen-bond acceptors (Lipinski definition) is 7. The molecule has 176 valence electrons. The number of ether oxygens (including phenoxy) is 1. The van der Waals surface area contributed by atoms with Crippen molar-refractivity contribution in [2.45, 2.75) is 69.4 Å². The van der Waals surface area contributed by atoms with E-state index < -0.39 is 0 Å². The number of nitrogens with zero attached hydrogens (tertiary/aromatic N) is 5. The standard InChI is InChI=1S/C24H32N6O2S/c1-29(2)16-5-7-17(8-6-16)32-23-22-21-15(11-19(25)31)4-9-18(21)33-24(22)28-20(27-23)10-14-12-26-30(3)13-14/h12-13,15-17H,4-11H2,1-3H3,(H2,25,31)/t15-,16?,17?/m1/s1. The van der Waals surface area contributed by atoms with Crippen molar-refractivity contribution in [3.63, 3.8) is 0 Å². The Morgan fingerprint density at radius 2 is 2.03 bits per heavy atom. The number of nitrogens with two attached hydrogens (primary N) is 1. The Hall–Kier alpha value is -2.52. The van der Waals surface area contributed by atoms with Gasteiger partial charge < -0.3 is 15.4 Å². The molecule has 0 unspecified atom stereocenters. The van der Waals surface area contributed by atoms with Crippen LogP contribution in [0, 0.1) is 0 Å². The quantitative estimate of drug-likeness (QED) is 0.572. The molecule has 0 bridgehead atoms. The van der Waals surface area contributed by atoms with Gasteiger partial charge >= 0.3 is 0 Å². The first-order valence-corrected chi connectivity index (χ1v) is 12.6. The normalized spacial score (nSPS) is 22.7. The highest BCUT2D eigenvalue weighted by Gasteiger charge is 2.33. The van der Waals surface area contributed by atoms with Crippen molar-refractivity contribution < 1.29 is 9.53 Å². The third kappa shape index (κ3) is 4.61. The highest BCUT2D eigenvalue weighted by molar-refractivity contribution is 7.19. The maximum absolute atomic E-state index is 11.7. The van der Waals surface area contributed by atoms with Crippen molar-refractivity contribution in [3.05, 3.63) is 34.2 Å². The summed E-state index contributed by atoms with van der Waals surface area (Å²) < 4.78 is 8.41. The van der Waals surface area contributed by atoms with Crippen LogP contribution in [0.15, 0.2) is 12.4 Å². The van der Waals surface area contributed by atoms with Crippen LogP contribution in [0.2, 0.25) is 0 Å². The van der Waals surface area contributed by atoms with Crippen molar-refractivity contribution >= 4 is 27.5 Å². The lowest BCUT2D eigenvalue weighted by molar-refractivity contribution is -0.118. The van der Waals surface area contributed by atoms with Crippen molar-refractivity contribution in [1.29, 1.82) is 0 Å². The van der Waals surface area contributed by atoms with Crippen LogP contribution in [-0.4, -0.2) is 56.8 Å². The van der Waals surface area contributed by atoms with Gasteiger partial charge in [0.15, 0.2) is 0 Å². The van der Waals surface area contributed by atoms with E-state index in [0.29, 0.717) is 24.8 Å². The summed E-state index contributed by atoms with van der Waals surface area (Å²) in [6.07, 6.45) is 11.2. The second kappa shape index (κ2) is 9.02. The summed E-state index contributed by atoms with van der Waals surface area (Å²) in [5.41, 5.74) is 7.84. The summed E-state index contributed by atoms with van der Waals surface area (Å²) in [7, 11) is 6.21. The van der Waals surface area contributed by atoms with Gasteiger partial charge in [-0.25, -0.2) is 4.98 Å². The molecule has 1 fully saturated rings. The lowest BCUT2D eigenvalue weighted by atomic mass is 9.92.